The van der Waals surface area contributed by atoms with Crippen molar-refractivity contribution in [2.24, 2.45) is 0 Å². The first-order chi connectivity index (χ1) is 23.7. The highest BCUT2D eigenvalue weighted by Gasteiger charge is 2.05. The first kappa shape index (κ1) is 27.5. The molecule has 8 bridgehead atoms. The number of pyridine rings is 4. The highest BCUT2D eigenvalue weighted by atomic mass is 14.8. The molecule has 0 aliphatic carbocycles. The molecule has 8 nitrogen and oxygen atoms in total. The summed E-state index contributed by atoms with van der Waals surface area (Å²) in [5.41, 5.74) is 8.91. The summed E-state index contributed by atoms with van der Waals surface area (Å²) in [6.07, 6.45) is 7.05. The average Bonchev–Trinajstić information content (AvgIpc) is 3.14. The number of nitrogens with zero attached hydrogens (tertiary/aromatic N) is 8. The van der Waals surface area contributed by atoms with E-state index in [-0.39, 0.29) is 0 Å². The monoisotopic (exact) mass is 616 g/mol. The molecular formula is C40H24N8. The van der Waals surface area contributed by atoms with E-state index in [2.05, 4.69) is 24.3 Å². The van der Waals surface area contributed by atoms with Gasteiger partial charge in [-0.05, 0) is 48.5 Å². The zero-order valence-corrected chi connectivity index (χ0v) is 25.4. The van der Waals surface area contributed by atoms with Crippen LogP contribution < -0.4 is 0 Å². The van der Waals surface area contributed by atoms with Gasteiger partial charge in [-0.2, -0.15) is 0 Å². The van der Waals surface area contributed by atoms with Crippen molar-refractivity contribution >= 4 is 87.7 Å². The maximum atomic E-state index is 4.96. The van der Waals surface area contributed by atoms with Crippen molar-refractivity contribution in [2.75, 3.05) is 0 Å². The standard InChI is InChI=1S/C40H24N8/c1-2-6-34-33(5-1)41-21-29-17-13-25-9-10-27-15-19-31(47-38(27)37(25)45-29)23-43-35-7-3-4-8-36(35)44-24-32-20-16-28-12-11-26-14-18-30(22-42-34)46-39(26)40(28)48-32/h1-24H. The molecule has 9 rings (SSSR count). The van der Waals surface area contributed by atoms with Crippen LogP contribution in [0.3, 0.4) is 0 Å². The molecule has 0 spiro atoms. The third-order valence-electron chi connectivity index (χ3n) is 8.23. The van der Waals surface area contributed by atoms with Gasteiger partial charge in [0.15, 0.2) is 0 Å². The minimum atomic E-state index is 0.714. The summed E-state index contributed by atoms with van der Waals surface area (Å²) in [6, 6.07) is 39.8. The molecule has 5 aromatic heterocycles. The van der Waals surface area contributed by atoms with Gasteiger partial charge in [0.2, 0.25) is 0 Å². The highest BCUT2D eigenvalue weighted by Crippen LogP contribution is 2.25. The number of rotatable bonds is 0. The van der Waals surface area contributed by atoms with E-state index in [0.29, 0.717) is 22.1 Å². The second-order valence-corrected chi connectivity index (χ2v) is 11.4. The average molecular weight is 617 g/mol. The molecule has 0 saturated carbocycles. The van der Waals surface area contributed by atoms with E-state index < -0.39 is 0 Å². The molecule has 8 heteroatoms. The fraction of sp³-hybridized carbons (Fsp3) is 0. The van der Waals surface area contributed by atoms with Crippen molar-refractivity contribution in [2.45, 2.75) is 0 Å². The minimum Gasteiger partial charge on any atom is -0.252 e. The minimum absolute atomic E-state index is 0.714. The summed E-state index contributed by atoms with van der Waals surface area (Å²) in [7, 11) is 0. The third kappa shape index (κ3) is 5.17. The Bertz CT molecular complexity index is 2530. The SMILES string of the molecule is c1ccc2ncc3ccc4ccc5ccc(cnc6ccccc6ncc6ccc7ccc8ccc(cnc2c1)nc8c7n6)nc5c4n3. The lowest BCUT2D eigenvalue weighted by atomic mass is 10.1. The normalized spacial score (nSPS) is 11.3. The van der Waals surface area contributed by atoms with Gasteiger partial charge in [0.25, 0.3) is 0 Å². The van der Waals surface area contributed by atoms with Crippen LogP contribution in [0.15, 0.2) is 146 Å². The van der Waals surface area contributed by atoms with Crippen molar-refractivity contribution in [1.29, 1.82) is 0 Å². The van der Waals surface area contributed by atoms with Crippen molar-refractivity contribution in [3.8, 4) is 0 Å². The fourth-order valence-corrected chi connectivity index (χ4v) is 5.79. The molecule has 0 aliphatic rings. The molecule has 0 amide bonds. The number of para-hydroxylation sites is 4. The Labute approximate surface area is 273 Å². The smallest absolute Gasteiger partial charge is 0.0972 e. The molecule has 5 heterocycles. The number of fused-ring (bicyclic) bond motifs is 6. The van der Waals surface area contributed by atoms with Crippen LogP contribution in [-0.4, -0.2) is 39.9 Å². The Morgan fingerprint density at radius 3 is 0.729 bits per heavy atom. The Kier molecular flexibility index (Phi) is 6.61. The van der Waals surface area contributed by atoms with Gasteiger partial charge in [0, 0.05) is 21.5 Å². The lowest BCUT2D eigenvalue weighted by Gasteiger charge is -2.03. The molecule has 224 valence electrons. The predicted molar refractivity (Wildman–Crippen MR) is 193 cm³/mol. The van der Waals surface area contributed by atoms with Gasteiger partial charge < -0.3 is 0 Å². The second kappa shape index (κ2) is 11.5. The van der Waals surface area contributed by atoms with Crippen LogP contribution in [0.25, 0.3) is 87.7 Å². The quantitative estimate of drug-likeness (QED) is 0.156. The summed E-state index contributed by atoms with van der Waals surface area (Å²) >= 11 is 0. The van der Waals surface area contributed by atoms with Gasteiger partial charge in [0.05, 0.1) is 91.0 Å². The van der Waals surface area contributed by atoms with Crippen LogP contribution >= 0.6 is 0 Å². The van der Waals surface area contributed by atoms with E-state index >= 15 is 0 Å². The van der Waals surface area contributed by atoms with Gasteiger partial charge in [-0.15, -0.1) is 0 Å². The highest BCUT2D eigenvalue weighted by molar-refractivity contribution is 6.05. The summed E-state index contributed by atoms with van der Waals surface area (Å²) in [5, 5.41) is 3.96. The lowest BCUT2D eigenvalue weighted by Crippen LogP contribution is -1.87. The van der Waals surface area contributed by atoms with Crippen LogP contribution in [0.2, 0.25) is 0 Å². The number of hydrogen-bond donors (Lipinski definition) is 0. The van der Waals surface area contributed by atoms with E-state index in [4.69, 9.17) is 39.9 Å². The van der Waals surface area contributed by atoms with Crippen LogP contribution in [0, 0.1) is 0 Å². The zero-order valence-electron chi connectivity index (χ0n) is 25.4. The Morgan fingerprint density at radius 2 is 0.479 bits per heavy atom. The molecule has 0 aliphatic heterocycles. The van der Waals surface area contributed by atoms with Gasteiger partial charge in [0.1, 0.15) is 0 Å². The van der Waals surface area contributed by atoms with Gasteiger partial charge in [-0.25, -0.2) is 19.9 Å². The van der Waals surface area contributed by atoms with Crippen LogP contribution in [-0.2, 0) is 0 Å². The van der Waals surface area contributed by atoms with Crippen molar-refractivity contribution in [3.05, 3.63) is 146 Å². The molecule has 0 fully saturated rings. The van der Waals surface area contributed by atoms with E-state index in [1.807, 2.05) is 97.1 Å². The number of aromatic nitrogens is 8. The van der Waals surface area contributed by atoms with Crippen LogP contribution in [0.1, 0.15) is 0 Å². The molecule has 48 heavy (non-hydrogen) atoms. The van der Waals surface area contributed by atoms with E-state index in [1.165, 1.54) is 0 Å². The second-order valence-electron chi connectivity index (χ2n) is 11.4. The maximum absolute atomic E-state index is 4.96. The summed E-state index contributed by atoms with van der Waals surface area (Å²) in [5.74, 6) is 0. The van der Waals surface area contributed by atoms with Gasteiger partial charge in [-0.1, -0.05) is 72.8 Å². The first-order valence-electron chi connectivity index (χ1n) is 15.5. The molecule has 0 atom stereocenters. The van der Waals surface area contributed by atoms with E-state index in [1.54, 1.807) is 24.8 Å². The predicted octanol–water partition coefficient (Wildman–Crippen LogP) is 8.88. The molecule has 0 N–H and O–H groups in total. The molecule has 9 aromatic rings. The fourth-order valence-electron chi connectivity index (χ4n) is 5.79. The van der Waals surface area contributed by atoms with Gasteiger partial charge in [-0.3, -0.25) is 19.9 Å². The summed E-state index contributed by atoms with van der Waals surface area (Å²) in [4.78, 5) is 39.0. The van der Waals surface area contributed by atoms with Crippen molar-refractivity contribution < 1.29 is 0 Å². The Morgan fingerprint density at radius 1 is 0.250 bits per heavy atom. The molecule has 4 aromatic carbocycles. The van der Waals surface area contributed by atoms with Crippen LogP contribution in [0.5, 0.6) is 0 Å². The summed E-state index contributed by atoms with van der Waals surface area (Å²) < 4.78 is 0. The lowest BCUT2D eigenvalue weighted by molar-refractivity contribution is 1.35. The van der Waals surface area contributed by atoms with Crippen LogP contribution in [0.4, 0.5) is 0 Å². The summed E-state index contributed by atoms with van der Waals surface area (Å²) in [6.45, 7) is 0. The third-order valence-corrected chi connectivity index (χ3v) is 8.23. The first-order valence-corrected chi connectivity index (χ1v) is 15.5. The van der Waals surface area contributed by atoms with Crippen molar-refractivity contribution in [3.63, 3.8) is 0 Å². The topological polar surface area (TPSA) is 103 Å². The zero-order chi connectivity index (χ0) is 31.9. The van der Waals surface area contributed by atoms with Gasteiger partial charge >= 0.3 is 0 Å². The van der Waals surface area contributed by atoms with E-state index in [9.17, 15) is 0 Å². The largest absolute Gasteiger partial charge is 0.252 e. The Balaban J connectivity index is 1.37. The van der Waals surface area contributed by atoms with Crippen molar-refractivity contribution in [1.82, 2.24) is 39.9 Å². The molecular weight excluding hydrogens is 592 g/mol. The molecule has 0 saturated heterocycles. The maximum Gasteiger partial charge on any atom is 0.0972 e. The molecule has 0 unspecified atom stereocenters. The van der Waals surface area contributed by atoms with E-state index in [0.717, 1.165) is 65.7 Å². The Hall–Kier alpha value is -6.80. The number of hydrogen-bond acceptors (Lipinski definition) is 8. The number of benzene rings is 4. The molecule has 0 radical (unpaired) electrons.